The molecule has 13 N–H and O–H groups in total. The topological polar surface area (TPSA) is 255 Å². The summed E-state index contributed by atoms with van der Waals surface area (Å²) in [4.78, 5) is 0. The first-order valence-corrected chi connectivity index (χ1v) is 1.43. The lowest BCUT2D eigenvalue weighted by atomic mass is 15.8. The minimum Gasteiger partial charge on any atom is -0.412 e. The maximum absolute atomic E-state index is 8.52. The van der Waals surface area contributed by atoms with E-state index >= 15 is 0 Å². The Morgan fingerprint density at radius 2 is 0.727 bits per heavy atom. The van der Waals surface area contributed by atoms with Gasteiger partial charge < -0.3 is 42.2 Å². The summed E-state index contributed by atoms with van der Waals surface area (Å²) in [5.74, 6) is 0. The van der Waals surface area contributed by atoms with Crippen molar-refractivity contribution < 1.29 is 57.6 Å². The largest absolute Gasteiger partial charge is 0.412 e. The van der Waals surface area contributed by atoms with E-state index in [0.29, 0.717) is 0 Å². The first-order valence-electron chi connectivity index (χ1n) is 0.478. The average Bonchev–Trinajstić information content (AvgIpc) is 0.811. The molecule has 0 aliphatic carbocycles. The highest BCUT2D eigenvalue weighted by molar-refractivity contribution is 5.75. The summed E-state index contributed by atoms with van der Waals surface area (Å²) in [6.07, 6.45) is 0. The summed E-state index contributed by atoms with van der Waals surface area (Å²) in [5, 5.41) is 0. The van der Waals surface area contributed by atoms with E-state index < -0.39 is 10.8 Å². The summed E-state index contributed by atoms with van der Waals surface area (Å²) < 4.78 is 24.0. The number of hydrogen-bond acceptors (Lipinski definition) is 3. The second-order valence-corrected chi connectivity index (χ2v) is 0.603. The summed E-state index contributed by atoms with van der Waals surface area (Å²) in [5.41, 5.74) is 0. The molecule has 0 aromatic carbocycles. The molecule has 0 spiro atoms. The predicted molar refractivity (Wildman–Crippen MR) is 32.4 cm³/mol. The highest BCUT2D eigenvalue weighted by Gasteiger charge is 1.79. The van der Waals surface area contributed by atoms with Crippen LogP contribution in [-0.2, 0) is 0 Å². The maximum atomic E-state index is 8.52. The van der Waals surface area contributed by atoms with Crippen molar-refractivity contribution in [2.75, 3.05) is 0 Å². The van der Waals surface area contributed by atoms with Gasteiger partial charge in [0.25, 0.3) is 10.8 Å². The Morgan fingerprint density at radius 3 is 0.727 bits per heavy atom. The van der Waals surface area contributed by atoms with Gasteiger partial charge in [0, 0.05) is 4.66 Å². The zero-order valence-corrected chi connectivity index (χ0v) is 5.40. The Kier molecular flexibility index (Phi) is 655. The van der Waals surface area contributed by atoms with E-state index in [1.54, 1.807) is 0 Å². The van der Waals surface area contributed by atoms with Crippen LogP contribution < -0.4 is 9.32 Å². The molecule has 0 unspecified atom stereocenters. The van der Waals surface area contributed by atoms with Gasteiger partial charge in [0.05, 0.1) is 0 Å². The number of halogens is 1. The van der Waals surface area contributed by atoms with Crippen LogP contribution in [0.15, 0.2) is 0 Å². The highest BCUT2D eigenvalue weighted by Crippen LogP contribution is 1.38. The minimum atomic E-state index is -2.60. The molecule has 11 heteroatoms. The van der Waals surface area contributed by atoms with Gasteiger partial charge in [-0.3, -0.25) is 0 Å². The van der Waals surface area contributed by atoms with E-state index in [-0.39, 0.29) is 55.9 Å². The van der Waals surface area contributed by atoms with Crippen molar-refractivity contribution in [3.63, 3.8) is 0 Å². The molecule has 0 rings (SSSR count). The quantitative estimate of drug-likeness (QED) is 0.389. The molecule has 0 aromatic rings. The second-order valence-electron chi connectivity index (χ2n) is 0.201. The van der Waals surface area contributed by atoms with Crippen LogP contribution in [0, 0.1) is 10.8 Å². The molecule has 0 aromatic heterocycles. The van der Waals surface area contributed by atoms with Gasteiger partial charge in [-0.1, -0.05) is 0 Å². The Morgan fingerprint density at radius 1 is 0.727 bits per heavy atom. The Balaban J connectivity index is -0.00000000214. The fourth-order valence-electron chi connectivity index (χ4n) is 0. The third-order valence-corrected chi connectivity index (χ3v) is 0. The molecule has 0 aliphatic heterocycles. The van der Waals surface area contributed by atoms with Crippen LogP contribution in [0.1, 0.15) is 0 Å². The highest BCUT2D eigenvalue weighted by atomic mass is 35.6. The van der Waals surface area contributed by atoms with Crippen molar-refractivity contribution in [3.8, 4) is 0 Å². The molecule has 0 heterocycles. The molecule has 9 nitrogen and oxygen atoms in total. The van der Waals surface area contributed by atoms with E-state index in [2.05, 4.69) is 0 Å². The summed E-state index contributed by atoms with van der Waals surface area (Å²) in [7, 11) is -2.60. The number of rotatable bonds is 0. The van der Waals surface area contributed by atoms with Crippen molar-refractivity contribution >= 4 is 23.1 Å². The smallest absolute Gasteiger partial charge is 0.316 e. The van der Waals surface area contributed by atoms with Gasteiger partial charge in [-0.05, 0) is 0 Å². The van der Waals surface area contributed by atoms with Crippen molar-refractivity contribution in [2.45, 2.75) is 0 Å². The first-order chi connectivity index (χ1) is 1.73. The predicted octanol–water partition coefficient (Wildman–Crippen LogP) is -8.80. The van der Waals surface area contributed by atoms with Crippen LogP contribution >= 0.6 is 0 Å². The molecule has 0 atom stereocenters. The first kappa shape index (κ1) is 97.9. The summed E-state index contributed by atoms with van der Waals surface area (Å²) >= 11 is 0. The van der Waals surface area contributed by atoms with Crippen LogP contribution in [-0.4, -0.2) is 60.6 Å². The van der Waals surface area contributed by atoms with Crippen LogP contribution in [0.5, 0.6) is 0 Å². The van der Waals surface area contributed by atoms with Gasteiger partial charge in [-0.2, -0.15) is 0 Å². The molecule has 0 amide bonds. The van der Waals surface area contributed by atoms with Crippen molar-refractivity contribution in [3.05, 3.63) is 0 Å². The number of hydrogen-bond donors (Lipinski definition) is 1. The van der Waals surface area contributed by atoms with Crippen LogP contribution in [0.3, 0.4) is 0 Å². The van der Waals surface area contributed by atoms with Crippen molar-refractivity contribution in [1.82, 2.24) is 0 Å². The summed E-state index contributed by atoms with van der Waals surface area (Å²) in [6, 6.07) is 0. The Hall–Kier alpha value is 0.696. The van der Waals surface area contributed by atoms with Crippen molar-refractivity contribution in [2.24, 2.45) is 0 Å². The van der Waals surface area contributed by atoms with Gasteiger partial charge in [-0.15, -0.1) is 0 Å². The molecule has 0 aliphatic rings. The fourth-order valence-corrected chi connectivity index (χ4v) is 0. The molecule has 78 valence electrons. The lowest BCUT2D eigenvalue weighted by Gasteiger charge is -1.72. The van der Waals surface area contributed by atoms with Crippen LogP contribution in [0.25, 0.3) is 0 Å². The molecular formula is H15ClMgO9. The fraction of sp³-hybridized carbons (Fsp3) is 0. The molecule has 11 heavy (non-hydrogen) atoms. The van der Waals surface area contributed by atoms with E-state index in [0.717, 1.165) is 0 Å². The van der Waals surface area contributed by atoms with Gasteiger partial charge in [0.1, 0.15) is 0 Å². The van der Waals surface area contributed by atoms with Crippen molar-refractivity contribution in [1.29, 1.82) is 0 Å². The maximum Gasteiger partial charge on any atom is 0.316 e. The zero-order chi connectivity index (χ0) is 3.58. The lowest BCUT2D eigenvalue weighted by molar-refractivity contribution is -1.63. The van der Waals surface area contributed by atoms with E-state index in [9.17, 15) is 0 Å². The molecule has 0 saturated heterocycles. The van der Waals surface area contributed by atoms with Crippen LogP contribution in [0.4, 0.5) is 0 Å². The molecular weight excluding hydrogens is 204 g/mol. The monoisotopic (exact) mass is 218 g/mol. The lowest BCUT2D eigenvalue weighted by Crippen LogP contribution is -2.30. The third kappa shape index (κ3) is 1670. The standard InChI is InChI=1S/ClHO3.Mg.6H2O.2H/c2-1(3)4;;;;;;;;;/h2H;;6*1H2;;. The second kappa shape index (κ2) is 73.6. The molecule has 0 saturated carbocycles. The molecule has 0 fully saturated rings. The van der Waals surface area contributed by atoms with Gasteiger partial charge >= 0.3 is 23.1 Å². The molecule has 0 radical (unpaired) electrons. The van der Waals surface area contributed by atoms with Gasteiger partial charge in [0.2, 0.25) is 0 Å². The van der Waals surface area contributed by atoms with E-state index in [1.165, 1.54) is 0 Å². The van der Waals surface area contributed by atoms with E-state index in [4.69, 9.17) is 14.0 Å². The molecule has 0 bridgehead atoms. The summed E-state index contributed by atoms with van der Waals surface area (Å²) in [6.45, 7) is 0. The average molecular weight is 219 g/mol. The Labute approximate surface area is 81.0 Å². The SMILES string of the molecule is O.O.O.O.O.O.[MgH2].[O-][Cl+2]([O-])O. The zero-order valence-electron chi connectivity index (χ0n) is 4.64. The van der Waals surface area contributed by atoms with Gasteiger partial charge in [-0.25, -0.2) is 0 Å². The third-order valence-electron chi connectivity index (χ3n) is 0. The van der Waals surface area contributed by atoms with Crippen LogP contribution in [0.2, 0.25) is 0 Å². The Bertz CT molecular complexity index is 14.3. The normalized spacial score (nSPS) is 3.27. The van der Waals surface area contributed by atoms with E-state index in [1.807, 2.05) is 0 Å². The minimum absolute atomic E-state index is 0. The van der Waals surface area contributed by atoms with Gasteiger partial charge in [0.15, 0.2) is 0 Å².